The van der Waals surface area contributed by atoms with Crippen LogP contribution in [0.5, 0.6) is 0 Å². The minimum Gasteiger partial charge on any atom is -0.275 e. The molecule has 1 heteroatoms. The molecule has 5 heavy (non-hydrogen) atoms. The molecule has 0 atom stereocenters. The van der Waals surface area contributed by atoms with Crippen molar-refractivity contribution in [3.8, 4) is 0 Å². The second-order valence-corrected chi connectivity index (χ2v) is 0.639. The molecule has 4 radical (unpaired) electrons. The Labute approximate surface area is 31.0 Å². The summed E-state index contributed by atoms with van der Waals surface area (Å²) in [7, 11) is 0. The van der Waals surface area contributed by atoms with E-state index in [-0.39, 0.29) is 0 Å². The third-order valence-electron chi connectivity index (χ3n) is 0.322. The van der Waals surface area contributed by atoms with Gasteiger partial charge in [-0.2, -0.15) is 0 Å². The third-order valence-corrected chi connectivity index (χ3v) is 0.322. The van der Waals surface area contributed by atoms with Crippen LogP contribution in [0.25, 0.3) is 0 Å². The lowest BCUT2D eigenvalue weighted by Gasteiger charge is -1.54. The van der Waals surface area contributed by atoms with E-state index in [0.29, 0.717) is 0 Å². The minimum absolute atomic E-state index is 1.51. The zero-order valence-electron chi connectivity index (χ0n) is 2.52. The molecule has 0 fully saturated rings. The van der Waals surface area contributed by atoms with E-state index < -0.39 is 0 Å². The highest BCUT2D eigenvalue weighted by Crippen LogP contribution is 1.83. The van der Waals surface area contributed by atoms with Gasteiger partial charge in [0.1, 0.15) is 0 Å². The Balaban J connectivity index is 2.61. The van der Waals surface area contributed by atoms with E-state index in [4.69, 9.17) is 0 Å². The second kappa shape index (κ2) is 1.02. The van der Waals surface area contributed by atoms with Crippen molar-refractivity contribution >= 4 is 6.21 Å². The van der Waals surface area contributed by atoms with Gasteiger partial charge in [-0.15, -0.1) is 0 Å². The van der Waals surface area contributed by atoms with Crippen molar-refractivity contribution in [2.75, 3.05) is 0 Å². The Bertz CT molecular complexity index is 61.7. The summed E-state index contributed by atoms with van der Waals surface area (Å²) < 4.78 is 0. The van der Waals surface area contributed by atoms with Gasteiger partial charge in [0.15, 0.2) is 6.54 Å². The van der Waals surface area contributed by atoms with Crippen molar-refractivity contribution in [1.29, 1.82) is 0 Å². The summed E-state index contributed by atoms with van der Waals surface area (Å²) in [5.74, 6) is 0. The predicted octanol–water partition coefficient (Wildman–Crippen LogP) is 0.272. The predicted molar refractivity (Wildman–Crippen MR) is 18.2 cm³/mol. The molecular formula is C4HN. The lowest BCUT2D eigenvalue weighted by atomic mass is 10.6. The van der Waals surface area contributed by atoms with Gasteiger partial charge in [0, 0.05) is 18.4 Å². The topological polar surface area (TPSA) is 12.4 Å². The first kappa shape index (κ1) is 2.64. The standard InChI is InChI=1S/C4HN/c1-2-4-5-3-1/h3H. The molecule has 1 aliphatic rings. The van der Waals surface area contributed by atoms with Crippen molar-refractivity contribution in [3.63, 3.8) is 0 Å². The van der Waals surface area contributed by atoms with Crippen LogP contribution in [-0.2, 0) is 0 Å². The highest BCUT2D eigenvalue weighted by atomic mass is 14.7. The fraction of sp³-hybridized carbons (Fsp3) is 0. The van der Waals surface area contributed by atoms with Gasteiger partial charge in [0.25, 0.3) is 0 Å². The summed E-state index contributed by atoms with van der Waals surface area (Å²) in [6.07, 6.45) is 6.58. The summed E-state index contributed by atoms with van der Waals surface area (Å²) >= 11 is 0. The molecule has 1 heterocycles. The zero-order chi connectivity index (χ0) is 3.54. The number of nitrogens with zero attached hydrogens (tertiary/aromatic N) is 1. The van der Waals surface area contributed by atoms with Crippen LogP contribution in [0.1, 0.15) is 0 Å². The van der Waals surface area contributed by atoms with Crippen molar-refractivity contribution in [3.05, 3.63) is 18.7 Å². The molecule has 0 bridgehead atoms. The van der Waals surface area contributed by atoms with Crippen LogP contribution in [-0.4, -0.2) is 6.21 Å². The van der Waals surface area contributed by atoms with Crippen molar-refractivity contribution < 1.29 is 0 Å². The molecule has 0 saturated heterocycles. The highest BCUT2D eigenvalue weighted by molar-refractivity contribution is 5.68. The quantitative estimate of drug-likeness (QED) is 0.382. The van der Waals surface area contributed by atoms with Gasteiger partial charge in [-0.1, -0.05) is 0 Å². The Morgan fingerprint density at radius 2 is 2.60 bits per heavy atom. The molecule has 22 valence electrons. The van der Waals surface area contributed by atoms with Crippen molar-refractivity contribution in [2.24, 2.45) is 4.99 Å². The van der Waals surface area contributed by atoms with Crippen LogP contribution in [0.2, 0.25) is 0 Å². The van der Waals surface area contributed by atoms with Gasteiger partial charge in [0.2, 0.25) is 0 Å². The van der Waals surface area contributed by atoms with Crippen LogP contribution < -0.4 is 0 Å². The second-order valence-electron chi connectivity index (χ2n) is 0.639. The van der Waals surface area contributed by atoms with Crippen LogP contribution in [0, 0.1) is 18.7 Å². The summed E-state index contributed by atoms with van der Waals surface area (Å²) in [5.41, 5.74) is 0. The van der Waals surface area contributed by atoms with Gasteiger partial charge in [-0.3, -0.25) is 4.99 Å². The molecule has 0 unspecified atom stereocenters. The molecule has 0 aromatic heterocycles. The number of hydrogen-bond acceptors (Lipinski definition) is 1. The van der Waals surface area contributed by atoms with Crippen LogP contribution in [0.4, 0.5) is 0 Å². The molecule has 0 aromatic rings. The molecular weight excluding hydrogens is 62.1 g/mol. The average Bonchev–Trinajstić information content (AvgIpc) is 1.76. The van der Waals surface area contributed by atoms with Gasteiger partial charge in [-0.25, -0.2) is 0 Å². The SMILES string of the molecule is [C]1[C]=[C]C=N1. The van der Waals surface area contributed by atoms with E-state index in [1.165, 1.54) is 6.21 Å². The molecule has 0 aromatic carbocycles. The first-order valence-electron chi connectivity index (χ1n) is 1.27. The zero-order valence-corrected chi connectivity index (χ0v) is 2.52. The number of hydrogen-bond donors (Lipinski definition) is 0. The molecule has 0 amide bonds. The first-order chi connectivity index (χ1) is 2.50. The number of allylic oxidation sites excluding steroid dienone is 1. The lowest BCUT2D eigenvalue weighted by Crippen LogP contribution is -1.45. The maximum absolute atomic E-state index is 3.49. The average molecular weight is 63.1 g/mol. The smallest absolute Gasteiger partial charge is 0.151 e. The summed E-state index contributed by atoms with van der Waals surface area (Å²) in [4.78, 5) is 3.49. The lowest BCUT2D eigenvalue weighted by molar-refractivity contribution is 1.46. The van der Waals surface area contributed by atoms with Gasteiger partial charge >= 0.3 is 0 Å². The first-order valence-corrected chi connectivity index (χ1v) is 1.27. The largest absolute Gasteiger partial charge is 0.275 e. The van der Waals surface area contributed by atoms with Crippen molar-refractivity contribution in [2.45, 2.75) is 0 Å². The molecule has 1 rings (SSSR count). The Kier molecular flexibility index (Phi) is 0.537. The number of aliphatic imine (C=N–C) groups is 1. The van der Waals surface area contributed by atoms with E-state index in [9.17, 15) is 0 Å². The number of rotatable bonds is 0. The summed E-state index contributed by atoms with van der Waals surface area (Å²) in [5, 5.41) is 0. The summed E-state index contributed by atoms with van der Waals surface area (Å²) in [6, 6.07) is 0. The van der Waals surface area contributed by atoms with Crippen molar-refractivity contribution in [1.82, 2.24) is 0 Å². The van der Waals surface area contributed by atoms with E-state index in [2.05, 4.69) is 23.7 Å². The Morgan fingerprint density at radius 3 is 2.80 bits per heavy atom. The van der Waals surface area contributed by atoms with Gasteiger partial charge < -0.3 is 0 Å². The molecule has 0 spiro atoms. The van der Waals surface area contributed by atoms with E-state index in [1.807, 2.05) is 0 Å². The monoisotopic (exact) mass is 63.0 g/mol. The third kappa shape index (κ3) is 0.349. The molecule has 0 saturated carbocycles. The normalized spacial score (nSPS) is 17.6. The Hall–Kier alpha value is -0.590. The fourth-order valence-corrected chi connectivity index (χ4v) is 0.161. The van der Waals surface area contributed by atoms with Crippen LogP contribution in [0.3, 0.4) is 0 Å². The fourth-order valence-electron chi connectivity index (χ4n) is 0.161. The minimum atomic E-state index is 1.51. The van der Waals surface area contributed by atoms with Gasteiger partial charge in [0.05, 0.1) is 0 Å². The molecule has 0 aliphatic carbocycles. The van der Waals surface area contributed by atoms with E-state index >= 15 is 0 Å². The molecule has 1 nitrogen and oxygen atoms in total. The molecule has 1 aliphatic heterocycles. The maximum atomic E-state index is 3.49. The van der Waals surface area contributed by atoms with Gasteiger partial charge in [-0.05, 0) is 0 Å². The maximum Gasteiger partial charge on any atom is 0.151 e. The Morgan fingerprint density at radius 1 is 1.60 bits per heavy atom. The summed E-state index contributed by atoms with van der Waals surface area (Å²) in [6.45, 7) is 2.43. The van der Waals surface area contributed by atoms with Crippen LogP contribution >= 0.6 is 0 Å². The van der Waals surface area contributed by atoms with Crippen LogP contribution in [0.15, 0.2) is 4.99 Å². The highest BCUT2D eigenvalue weighted by Gasteiger charge is 1.77. The van der Waals surface area contributed by atoms with E-state index in [1.54, 1.807) is 0 Å². The molecule has 0 N–H and O–H groups in total. The van der Waals surface area contributed by atoms with E-state index in [0.717, 1.165) is 0 Å².